The molecule has 0 aliphatic heterocycles. The number of esters is 2. The number of hydrogen-bond acceptors (Lipinski definition) is 13. The van der Waals surface area contributed by atoms with Crippen molar-refractivity contribution in [3.63, 3.8) is 0 Å². The second-order valence-corrected chi connectivity index (χ2v) is 17.1. The van der Waals surface area contributed by atoms with Gasteiger partial charge < -0.3 is 44.6 Å². The Hall–Kier alpha value is -1.52. The van der Waals surface area contributed by atoms with E-state index in [2.05, 4.69) is 29.8 Å². The number of hydrogen-bond donors (Lipinski definition) is 7. The minimum atomic E-state index is -4.89. The van der Waals surface area contributed by atoms with Crippen LogP contribution in [-0.4, -0.2) is 104 Å². The lowest BCUT2D eigenvalue weighted by molar-refractivity contribution is -0.160. The molecule has 1 aliphatic rings. The van der Waals surface area contributed by atoms with E-state index in [4.69, 9.17) is 23.8 Å². The van der Waals surface area contributed by atoms with Crippen molar-refractivity contribution in [1.82, 2.24) is 0 Å². The first-order valence-corrected chi connectivity index (χ1v) is 22.7. The highest BCUT2D eigenvalue weighted by Crippen LogP contribution is 2.44. The Kier molecular flexibility index (Phi) is 27.0. The smallest absolute Gasteiger partial charge is 0.461 e. The van der Waals surface area contributed by atoms with Crippen molar-refractivity contribution in [2.75, 3.05) is 26.4 Å². The Morgan fingerprint density at radius 3 is 2.09 bits per heavy atom. The average molecular weight is 831 g/mol. The zero-order chi connectivity index (χ0) is 41.3. The number of phosphoric ester groups is 2. The molecule has 9 atom stereocenters. The van der Waals surface area contributed by atoms with Crippen LogP contribution in [0.2, 0.25) is 0 Å². The summed E-state index contributed by atoms with van der Waals surface area (Å²) in [6.07, 6.45) is 13.5. The first-order valence-electron chi connectivity index (χ1n) is 19.7. The highest BCUT2D eigenvalue weighted by atomic mass is 31.2. The van der Waals surface area contributed by atoms with Gasteiger partial charge in [0.05, 0.1) is 44.6 Å². The van der Waals surface area contributed by atoms with E-state index in [1.165, 1.54) is 12.8 Å². The van der Waals surface area contributed by atoms with Crippen LogP contribution in [-0.2, 0) is 41.8 Å². The summed E-state index contributed by atoms with van der Waals surface area (Å²) in [5.41, 5.74) is 0. The number of aliphatic hydroxyl groups is 4. The zero-order valence-electron chi connectivity index (χ0n) is 32.8. The Morgan fingerprint density at radius 1 is 0.782 bits per heavy atom. The molecular formula is C37H68O16P2. The molecular weight excluding hydrogens is 762 g/mol. The third-order valence-corrected chi connectivity index (χ3v) is 10.9. The maximum atomic E-state index is 12.6. The summed E-state index contributed by atoms with van der Waals surface area (Å²) in [6.45, 7) is 3.48. The molecule has 18 heteroatoms. The van der Waals surface area contributed by atoms with Gasteiger partial charge in [-0.15, -0.1) is 0 Å². The summed E-state index contributed by atoms with van der Waals surface area (Å²) >= 11 is 0. The van der Waals surface area contributed by atoms with E-state index in [0.717, 1.165) is 51.4 Å². The van der Waals surface area contributed by atoms with E-state index >= 15 is 0 Å². The van der Waals surface area contributed by atoms with E-state index in [0.29, 0.717) is 25.2 Å². The lowest BCUT2D eigenvalue weighted by Crippen LogP contribution is -2.29. The lowest BCUT2D eigenvalue weighted by atomic mass is 9.89. The van der Waals surface area contributed by atoms with Gasteiger partial charge in [-0.3, -0.25) is 23.2 Å². The predicted octanol–water partition coefficient (Wildman–Crippen LogP) is 5.40. The molecule has 0 saturated heterocycles. The number of aliphatic hydroxyl groups excluding tert-OH is 4. The van der Waals surface area contributed by atoms with Crippen molar-refractivity contribution in [2.24, 2.45) is 17.8 Å². The number of rotatable bonds is 32. The highest BCUT2D eigenvalue weighted by molar-refractivity contribution is 7.47. The van der Waals surface area contributed by atoms with E-state index in [1.54, 1.807) is 24.3 Å². The van der Waals surface area contributed by atoms with Gasteiger partial charge in [-0.05, 0) is 31.1 Å². The van der Waals surface area contributed by atoms with Crippen LogP contribution < -0.4 is 0 Å². The Labute approximate surface area is 326 Å². The summed E-state index contributed by atoms with van der Waals surface area (Å²) in [5, 5.41) is 41.0. The van der Waals surface area contributed by atoms with Crippen LogP contribution in [0.15, 0.2) is 24.3 Å². The van der Waals surface area contributed by atoms with Gasteiger partial charge in [-0.25, -0.2) is 9.13 Å². The van der Waals surface area contributed by atoms with Gasteiger partial charge in [0.1, 0.15) is 12.7 Å². The number of phosphoric acid groups is 2. The molecule has 1 fully saturated rings. The molecule has 0 bridgehead atoms. The predicted molar refractivity (Wildman–Crippen MR) is 204 cm³/mol. The summed E-state index contributed by atoms with van der Waals surface area (Å²) < 4.78 is 47.5. The van der Waals surface area contributed by atoms with Crippen LogP contribution in [0.3, 0.4) is 0 Å². The number of unbranched alkanes of at least 4 members (excludes halogenated alkanes) is 7. The molecule has 1 rings (SSSR count). The number of ether oxygens (including phenoxy) is 2. The van der Waals surface area contributed by atoms with Gasteiger partial charge in [0.15, 0.2) is 6.10 Å². The summed E-state index contributed by atoms with van der Waals surface area (Å²) in [6, 6.07) is 0. The topological polar surface area (TPSA) is 256 Å². The molecule has 0 aromatic carbocycles. The standard InChI is InChI=1S/C37H68O16P2/c1-4-6-11-17-29(38)21-22-33-32(34(40)23-35(33)41)18-14-15-19-36(42)49-26-31(27-52-55(47,48)51-25-30(39)24-50-54(44,45)46)53-37(43)20-13-10-8-7-9-12-16-28(3)5-2/h14-15,21-22,28-35,38-41H,4-13,16-20,23-27H2,1-3H3,(H,47,48)(H2,44,45,46)/b15-14-,22-21+/t28?,29-,30+,31-,32+,33-,34+,35-/m1/s1. The first kappa shape index (κ1) is 51.5. The molecule has 0 radical (unpaired) electrons. The van der Waals surface area contributed by atoms with E-state index in [9.17, 15) is 44.0 Å². The van der Waals surface area contributed by atoms with Gasteiger partial charge in [-0.1, -0.05) is 109 Å². The fraction of sp³-hybridized carbons (Fsp3) is 0.838. The molecule has 1 aliphatic carbocycles. The largest absolute Gasteiger partial charge is 0.472 e. The molecule has 7 N–H and O–H groups in total. The van der Waals surface area contributed by atoms with Gasteiger partial charge in [0.25, 0.3) is 0 Å². The van der Waals surface area contributed by atoms with E-state index < -0.39 is 84.5 Å². The Balaban J connectivity index is 2.69. The van der Waals surface area contributed by atoms with Crippen molar-refractivity contribution < 1.29 is 76.9 Å². The molecule has 322 valence electrons. The molecule has 2 unspecified atom stereocenters. The molecule has 55 heavy (non-hydrogen) atoms. The SMILES string of the molecule is CCCCC[C@@H](O)/C=C/[C@@H]1[C@H](C/C=C\CC(=O)OC[C@H](COP(=O)(O)OC[C@@H](O)COP(=O)(O)O)OC(=O)CCCCCCCCC(C)CC)[C@@H](O)C[C@H]1O. The third-order valence-electron chi connectivity index (χ3n) is 9.48. The van der Waals surface area contributed by atoms with Gasteiger partial charge in [0.2, 0.25) is 0 Å². The van der Waals surface area contributed by atoms with Gasteiger partial charge in [-0.2, -0.15) is 0 Å². The van der Waals surface area contributed by atoms with Crippen LogP contribution in [0.4, 0.5) is 0 Å². The van der Waals surface area contributed by atoms with E-state index in [1.807, 2.05) is 0 Å². The van der Waals surface area contributed by atoms with Crippen molar-refractivity contribution in [2.45, 2.75) is 154 Å². The fourth-order valence-electron chi connectivity index (χ4n) is 6.00. The van der Waals surface area contributed by atoms with E-state index in [-0.39, 0.29) is 31.1 Å². The maximum absolute atomic E-state index is 12.6. The van der Waals surface area contributed by atoms with Crippen LogP contribution in [0, 0.1) is 17.8 Å². The molecule has 0 aromatic heterocycles. The van der Waals surface area contributed by atoms with Gasteiger partial charge in [0, 0.05) is 18.8 Å². The third kappa shape index (κ3) is 26.2. The van der Waals surface area contributed by atoms with Crippen LogP contribution in [0.5, 0.6) is 0 Å². The lowest BCUT2D eigenvalue weighted by Gasteiger charge is -2.20. The van der Waals surface area contributed by atoms with Crippen molar-refractivity contribution in [1.29, 1.82) is 0 Å². The van der Waals surface area contributed by atoms with Crippen LogP contribution in [0.25, 0.3) is 0 Å². The second kappa shape index (κ2) is 28.8. The molecule has 0 amide bonds. The highest BCUT2D eigenvalue weighted by Gasteiger charge is 2.39. The second-order valence-electron chi connectivity index (χ2n) is 14.4. The minimum Gasteiger partial charge on any atom is -0.461 e. The Morgan fingerprint density at radius 2 is 1.42 bits per heavy atom. The summed E-state index contributed by atoms with van der Waals surface area (Å²) in [5.74, 6) is -1.32. The number of carbonyl (C=O) groups excluding carboxylic acids is 2. The molecule has 16 nitrogen and oxygen atoms in total. The normalized spacial score (nSPS) is 22.4. The summed E-state index contributed by atoms with van der Waals surface area (Å²) in [4.78, 5) is 52.7. The van der Waals surface area contributed by atoms with Crippen molar-refractivity contribution in [3.05, 3.63) is 24.3 Å². The first-order chi connectivity index (χ1) is 26.0. The molecule has 0 heterocycles. The Bertz CT molecular complexity index is 1210. The molecule has 0 spiro atoms. The maximum Gasteiger partial charge on any atom is 0.472 e. The summed E-state index contributed by atoms with van der Waals surface area (Å²) in [7, 11) is -9.77. The zero-order valence-corrected chi connectivity index (χ0v) is 34.6. The van der Waals surface area contributed by atoms with Crippen LogP contribution >= 0.6 is 15.6 Å². The minimum absolute atomic E-state index is 0.0643. The van der Waals surface area contributed by atoms with Crippen LogP contribution in [0.1, 0.15) is 124 Å². The van der Waals surface area contributed by atoms with Gasteiger partial charge >= 0.3 is 27.6 Å². The monoisotopic (exact) mass is 830 g/mol. The number of allylic oxidation sites excluding steroid dienone is 1. The molecule has 0 aromatic rings. The van der Waals surface area contributed by atoms with Crippen molar-refractivity contribution in [3.8, 4) is 0 Å². The van der Waals surface area contributed by atoms with Crippen molar-refractivity contribution >= 4 is 27.6 Å². The fourth-order valence-corrected chi connectivity index (χ4v) is 7.16. The average Bonchev–Trinajstić information content (AvgIpc) is 3.39. The molecule has 1 saturated carbocycles. The quantitative estimate of drug-likeness (QED) is 0.0194. The number of carbonyl (C=O) groups is 2.